The third-order valence-electron chi connectivity index (χ3n) is 3.21. The van der Waals surface area contributed by atoms with Crippen LogP contribution in [0.15, 0.2) is 16.6 Å². The molecule has 1 aliphatic rings. The van der Waals surface area contributed by atoms with Crippen LogP contribution >= 0.6 is 27.5 Å². The summed E-state index contributed by atoms with van der Waals surface area (Å²) < 4.78 is 6.35. The van der Waals surface area contributed by atoms with Gasteiger partial charge in [-0.3, -0.25) is 4.90 Å². The Bertz CT molecular complexity index is 539. The number of amides is 1. The van der Waals surface area contributed by atoms with Gasteiger partial charge in [0.25, 0.3) is 0 Å². The predicted octanol–water partition coefficient (Wildman–Crippen LogP) is 5.18. The zero-order valence-corrected chi connectivity index (χ0v) is 14.5. The number of fused-ring (bicyclic) bond motifs is 1. The Kier molecular flexibility index (Phi) is 4.35. The molecule has 2 rings (SSSR count). The number of carbonyl (C=O) groups is 1. The number of benzene rings is 1. The van der Waals surface area contributed by atoms with Crippen molar-refractivity contribution in [2.24, 2.45) is 0 Å². The number of hydrogen-bond acceptors (Lipinski definition) is 2. The van der Waals surface area contributed by atoms with E-state index in [1.807, 2.05) is 39.8 Å². The van der Waals surface area contributed by atoms with Crippen LogP contribution in [0.4, 0.5) is 10.5 Å². The van der Waals surface area contributed by atoms with Crippen molar-refractivity contribution in [1.29, 1.82) is 0 Å². The number of carbonyl (C=O) groups excluding carboxylic acids is 1. The van der Waals surface area contributed by atoms with E-state index in [0.29, 0.717) is 5.02 Å². The van der Waals surface area contributed by atoms with Crippen molar-refractivity contribution in [1.82, 2.24) is 0 Å². The van der Waals surface area contributed by atoms with Gasteiger partial charge in [-0.2, -0.15) is 0 Å². The monoisotopic (exact) mass is 359 g/mol. The summed E-state index contributed by atoms with van der Waals surface area (Å²) in [5.74, 6) is 0. The van der Waals surface area contributed by atoms with Crippen LogP contribution in [-0.2, 0) is 11.2 Å². The van der Waals surface area contributed by atoms with Crippen molar-refractivity contribution in [3.05, 3.63) is 27.2 Å². The summed E-state index contributed by atoms with van der Waals surface area (Å²) in [7, 11) is 0. The first-order valence-electron chi connectivity index (χ1n) is 6.69. The minimum Gasteiger partial charge on any atom is -0.443 e. The van der Waals surface area contributed by atoms with Crippen LogP contribution in [-0.4, -0.2) is 17.7 Å². The van der Waals surface area contributed by atoms with E-state index in [2.05, 4.69) is 15.9 Å². The van der Waals surface area contributed by atoms with E-state index in [1.54, 1.807) is 4.90 Å². The molecule has 0 fully saturated rings. The van der Waals surface area contributed by atoms with Crippen molar-refractivity contribution in [3.8, 4) is 0 Å². The van der Waals surface area contributed by atoms with E-state index < -0.39 is 5.60 Å². The molecule has 0 saturated carbocycles. The van der Waals surface area contributed by atoms with E-state index in [-0.39, 0.29) is 12.1 Å². The van der Waals surface area contributed by atoms with Crippen LogP contribution in [0.1, 0.15) is 39.7 Å². The van der Waals surface area contributed by atoms with Gasteiger partial charge in [0.1, 0.15) is 5.60 Å². The van der Waals surface area contributed by atoms with Crippen LogP contribution in [0.3, 0.4) is 0 Å². The van der Waals surface area contributed by atoms with E-state index in [4.69, 9.17) is 16.3 Å². The lowest BCUT2D eigenvalue weighted by molar-refractivity contribution is 0.0563. The Labute approximate surface area is 133 Å². The lowest BCUT2D eigenvalue weighted by atomic mass is 9.97. The Balaban J connectivity index is 2.42. The van der Waals surface area contributed by atoms with Gasteiger partial charge in [-0.15, -0.1) is 0 Å². The second-order valence-electron chi connectivity index (χ2n) is 6.13. The zero-order valence-electron chi connectivity index (χ0n) is 12.2. The van der Waals surface area contributed by atoms with Crippen molar-refractivity contribution < 1.29 is 9.53 Å². The largest absolute Gasteiger partial charge is 0.443 e. The molecule has 1 atom stereocenters. The van der Waals surface area contributed by atoms with Crippen molar-refractivity contribution >= 4 is 39.3 Å². The van der Waals surface area contributed by atoms with Crippen LogP contribution in [0.25, 0.3) is 0 Å². The molecule has 1 aromatic carbocycles. The highest BCUT2D eigenvalue weighted by Gasteiger charge is 2.33. The van der Waals surface area contributed by atoms with Gasteiger partial charge >= 0.3 is 6.09 Å². The predicted molar refractivity (Wildman–Crippen MR) is 85.6 cm³/mol. The maximum absolute atomic E-state index is 12.5. The molecule has 1 amide bonds. The summed E-state index contributed by atoms with van der Waals surface area (Å²) in [6.45, 7) is 7.65. The van der Waals surface area contributed by atoms with Gasteiger partial charge in [0.05, 0.1) is 5.69 Å². The van der Waals surface area contributed by atoms with Gasteiger partial charge in [-0.1, -0.05) is 11.6 Å². The first-order valence-corrected chi connectivity index (χ1v) is 7.86. The first-order chi connectivity index (χ1) is 9.19. The molecule has 0 aromatic heterocycles. The van der Waals surface area contributed by atoms with E-state index in [0.717, 1.165) is 28.6 Å². The van der Waals surface area contributed by atoms with E-state index in [9.17, 15) is 4.79 Å². The minimum absolute atomic E-state index is 0.106. The summed E-state index contributed by atoms with van der Waals surface area (Å²) in [6, 6.07) is 3.84. The molecule has 0 aliphatic carbocycles. The number of nitrogens with zero attached hydrogens (tertiary/aromatic N) is 1. The third kappa shape index (κ3) is 3.29. The maximum atomic E-state index is 12.5. The number of anilines is 1. The standard InChI is InChI=1S/C15H19BrClNO2/c1-9-5-6-10-7-11(17)8-12(16)13(10)18(9)14(19)20-15(2,3)4/h7-9H,5-6H2,1-4H3. The van der Waals surface area contributed by atoms with E-state index in [1.165, 1.54) is 0 Å². The van der Waals surface area contributed by atoms with E-state index >= 15 is 0 Å². The fourth-order valence-electron chi connectivity index (χ4n) is 2.38. The molecule has 0 radical (unpaired) electrons. The van der Waals surface area contributed by atoms with Gasteiger partial charge in [-0.25, -0.2) is 4.79 Å². The minimum atomic E-state index is -0.507. The van der Waals surface area contributed by atoms with Crippen LogP contribution in [0.5, 0.6) is 0 Å². The highest BCUT2D eigenvalue weighted by Crippen LogP contribution is 2.39. The molecule has 3 nitrogen and oxygen atoms in total. The number of ether oxygens (including phenoxy) is 1. The van der Waals surface area contributed by atoms with Crippen molar-refractivity contribution in [3.63, 3.8) is 0 Å². The molecule has 1 heterocycles. The molecule has 0 N–H and O–H groups in total. The molecule has 1 aromatic rings. The second kappa shape index (κ2) is 5.57. The molecule has 20 heavy (non-hydrogen) atoms. The molecule has 0 spiro atoms. The fraction of sp³-hybridized carbons (Fsp3) is 0.533. The summed E-state index contributed by atoms with van der Waals surface area (Å²) in [4.78, 5) is 14.2. The smallest absolute Gasteiger partial charge is 0.415 e. The summed E-state index contributed by atoms with van der Waals surface area (Å²) in [5.41, 5.74) is 1.45. The first kappa shape index (κ1) is 15.6. The Morgan fingerprint density at radius 3 is 2.70 bits per heavy atom. The van der Waals surface area contributed by atoms with Gasteiger partial charge in [0.2, 0.25) is 0 Å². The maximum Gasteiger partial charge on any atom is 0.415 e. The molecule has 1 unspecified atom stereocenters. The summed E-state index contributed by atoms with van der Waals surface area (Å²) in [5, 5.41) is 0.675. The van der Waals surface area contributed by atoms with Crippen LogP contribution in [0, 0.1) is 0 Å². The molecule has 0 bridgehead atoms. The normalized spacial score (nSPS) is 18.7. The molecule has 1 aliphatic heterocycles. The van der Waals surface area contributed by atoms with Gasteiger partial charge in [-0.05, 0) is 74.2 Å². The highest BCUT2D eigenvalue weighted by atomic mass is 79.9. The van der Waals surface area contributed by atoms with Gasteiger partial charge < -0.3 is 4.74 Å². The summed E-state index contributed by atoms with van der Waals surface area (Å²) in [6.07, 6.45) is 1.50. The lowest BCUT2D eigenvalue weighted by Gasteiger charge is -2.37. The molecular formula is C15H19BrClNO2. The van der Waals surface area contributed by atoms with Crippen LogP contribution < -0.4 is 4.90 Å². The Morgan fingerprint density at radius 1 is 1.45 bits per heavy atom. The highest BCUT2D eigenvalue weighted by molar-refractivity contribution is 9.10. The number of rotatable bonds is 0. The average molecular weight is 361 g/mol. The fourth-order valence-corrected chi connectivity index (χ4v) is 3.44. The summed E-state index contributed by atoms with van der Waals surface area (Å²) >= 11 is 9.60. The SMILES string of the molecule is CC1CCc2cc(Cl)cc(Br)c2N1C(=O)OC(C)(C)C. The van der Waals surface area contributed by atoms with Crippen LogP contribution in [0.2, 0.25) is 5.02 Å². The Morgan fingerprint density at radius 2 is 2.10 bits per heavy atom. The van der Waals surface area contributed by atoms with Crippen molar-refractivity contribution in [2.45, 2.75) is 52.2 Å². The molecule has 0 saturated heterocycles. The number of aryl methyl sites for hydroxylation is 1. The second-order valence-corrected chi connectivity index (χ2v) is 7.42. The topological polar surface area (TPSA) is 29.5 Å². The number of hydrogen-bond donors (Lipinski definition) is 0. The zero-order chi connectivity index (χ0) is 15.1. The van der Waals surface area contributed by atoms with Gasteiger partial charge in [0, 0.05) is 15.5 Å². The van der Waals surface area contributed by atoms with Gasteiger partial charge in [0.15, 0.2) is 0 Å². The average Bonchev–Trinajstić information content (AvgIpc) is 2.27. The van der Waals surface area contributed by atoms with Crippen molar-refractivity contribution in [2.75, 3.05) is 4.90 Å². The lowest BCUT2D eigenvalue weighted by Crippen LogP contribution is -2.45. The quantitative estimate of drug-likeness (QED) is 0.638. The number of halogens is 2. The third-order valence-corrected chi connectivity index (χ3v) is 4.03. The Hall–Kier alpha value is -0.740. The molecule has 5 heteroatoms. The molecular weight excluding hydrogens is 342 g/mol. The molecule has 110 valence electrons.